The smallest absolute Gasteiger partial charge is 0.241 e. The molecule has 9 heteroatoms. The molecule has 1 amide bonds. The molecular weight excluding hydrogens is 409 g/mol. The monoisotopic (exact) mass is 437 g/mol. The second-order valence-electron chi connectivity index (χ2n) is 7.39. The van der Waals surface area contributed by atoms with Gasteiger partial charge in [0.05, 0.1) is 12.1 Å². The van der Waals surface area contributed by atoms with Gasteiger partial charge in [0.2, 0.25) is 15.9 Å². The van der Waals surface area contributed by atoms with Crippen LogP contribution in [-0.2, 0) is 14.8 Å². The Kier molecular flexibility index (Phi) is 8.19. The third-order valence-corrected chi connectivity index (χ3v) is 5.36. The SMILES string of the molecule is CC(C)Oc1ccc(NS(=O)(=O)CC(=O)NCC(c2cccc(F)c2)N(C)C)cc1. The Bertz CT molecular complexity index is 947. The lowest BCUT2D eigenvalue weighted by Gasteiger charge is -2.25. The van der Waals surface area contributed by atoms with Crippen molar-refractivity contribution in [1.82, 2.24) is 10.2 Å². The third-order valence-electron chi connectivity index (χ3n) is 4.17. The molecule has 0 saturated heterocycles. The van der Waals surface area contributed by atoms with E-state index >= 15 is 0 Å². The molecule has 30 heavy (non-hydrogen) atoms. The number of sulfonamides is 1. The first-order chi connectivity index (χ1) is 14.1. The van der Waals surface area contributed by atoms with E-state index in [4.69, 9.17) is 4.74 Å². The fourth-order valence-electron chi connectivity index (χ4n) is 2.84. The molecule has 0 heterocycles. The van der Waals surface area contributed by atoms with E-state index in [-0.39, 0.29) is 24.5 Å². The van der Waals surface area contributed by atoms with Crippen LogP contribution in [-0.4, -0.2) is 51.7 Å². The number of amides is 1. The number of halogens is 1. The van der Waals surface area contributed by atoms with Crippen molar-refractivity contribution in [2.75, 3.05) is 31.1 Å². The number of carbonyl (C=O) groups excluding carboxylic acids is 1. The van der Waals surface area contributed by atoms with Gasteiger partial charge in [0.25, 0.3) is 0 Å². The molecule has 2 rings (SSSR count). The molecule has 0 aliphatic carbocycles. The molecule has 2 aromatic rings. The molecule has 1 unspecified atom stereocenters. The van der Waals surface area contributed by atoms with Crippen molar-refractivity contribution in [3.05, 3.63) is 59.9 Å². The summed E-state index contributed by atoms with van der Waals surface area (Å²) in [6.45, 7) is 3.93. The predicted molar refractivity (Wildman–Crippen MR) is 115 cm³/mol. The maximum atomic E-state index is 13.5. The lowest BCUT2D eigenvalue weighted by atomic mass is 10.1. The van der Waals surface area contributed by atoms with Crippen LogP contribution in [0.2, 0.25) is 0 Å². The fourth-order valence-corrected chi connectivity index (χ4v) is 3.85. The number of rotatable bonds is 10. The standard InChI is InChI=1S/C21H28FN3O4S/c1-15(2)29-19-10-8-18(9-11-19)24-30(27,28)14-21(26)23-13-20(25(3)4)16-6-5-7-17(22)12-16/h5-12,15,20,24H,13-14H2,1-4H3,(H,23,26). The van der Waals surface area contributed by atoms with E-state index in [1.54, 1.807) is 50.5 Å². The Labute approximate surface area is 177 Å². The van der Waals surface area contributed by atoms with Crippen molar-refractivity contribution >= 4 is 21.6 Å². The number of hydrogen-bond acceptors (Lipinski definition) is 5. The predicted octanol–water partition coefficient (Wildman–Crippen LogP) is 2.77. The van der Waals surface area contributed by atoms with Gasteiger partial charge in [0.1, 0.15) is 17.3 Å². The maximum Gasteiger partial charge on any atom is 0.241 e. The van der Waals surface area contributed by atoms with Crippen LogP contribution in [0.4, 0.5) is 10.1 Å². The number of benzene rings is 2. The van der Waals surface area contributed by atoms with Crippen molar-refractivity contribution in [3.63, 3.8) is 0 Å². The summed E-state index contributed by atoms with van der Waals surface area (Å²) in [4.78, 5) is 14.0. The molecule has 7 nitrogen and oxygen atoms in total. The number of anilines is 1. The van der Waals surface area contributed by atoms with E-state index < -0.39 is 21.7 Å². The number of likely N-dealkylation sites (N-methyl/N-ethyl adjacent to an activating group) is 1. The van der Waals surface area contributed by atoms with Crippen LogP contribution in [0.1, 0.15) is 25.5 Å². The van der Waals surface area contributed by atoms with Crippen LogP contribution in [0.15, 0.2) is 48.5 Å². The fraction of sp³-hybridized carbons (Fsp3) is 0.381. The average molecular weight is 438 g/mol. The zero-order chi connectivity index (χ0) is 22.3. The van der Waals surface area contributed by atoms with Crippen LogP contribution in [0.5, 0.6) is 5.75 Å². The lowest BCUT2D eigenvalue weighted by Crippen LogP contribution is -2.38. The van der Waals surface area contributed by atoms with E-state index in [2.05, 4.69) is 10.0 Å². The normalized spacial score (nSPS) is 12.6. The molecule has 0 bridgehead atoms. The summed E-state index contributed by atoms with van der Waals surface area (Å²) >= 11 is 0. The summed E-state index contributed by atoms with van der Waals surface area (Å²) in [5.74, 6) is -1.12. The van der Waals surface area contributed by atoms with Crippen molar-refractivity contribution in [1.29, 1.82) is 0 Å². The summed E-state index contributed by atoms with van der Waals surface area (Å²) in [7, 11) is -0.289. The van der Waals surface area contributed by atoms with E-state index in [1.807, 2.05) is 18.7 Å². The Morgan fingerprint density at radius 1 is 1.13 bits per heavy atom. The summed E-state index contributed by atoms with van der Waals surface area (Å²) < 4.78 is 46.0. The van der Waals surface area contributed by atoms with Gasteiger partial charge in [0, 0.05) is 12.2 Å². The summed E-state index contributed by atoms with van der Waals surface area (Å²) in [6.07, 6.45) is 0.00890. The molecule has 2 aromatic carbocycles. The number of nitrogens with zero attached hydrogens (tertiary/aromatic N) is 1. The van der Waals surface area contributed by atoms with Crippen molar-refractivity contribution in [2.24, 2.45) is 0 Å². The highest BCUT2D eigenvalue weighted by atomic mass is 32.2. The Morgan fingerprint density at radius 2 is 1.80 bits per heavy atom. The van der Waals surface area contributed by atoms with Crippen molar-refractivity contribution in [3.8, 4) is 5.75 Å². The van der Waals surface area contributed by atoms with Gasteiger partial charge in [0.15, 0.2) is 0 Å². The molecular formula is C21H28FN3O4S. The molecule has 164 valence electrons. The number of carbonyl (C=O) groups is 1. The van der Waals surface area contributed by atoms with Crippen LogP contribution < -0.4 is 14.8 Å². The number of nitrogens with one attached hydrogen (secondary N) is 2. The van der Waals surface area contributed by atoms with Crippen molar-refractivity contribution in [2.45, 2.75) is 26.0 Å². The first-order valence-corrected chi connectivity index (χ1v) is 11.2. The molecule has 0 saturated carbocycles. The van der Waals surface area contributed by atoms with Gasteiger partial charge in [-0.15, -0.1) is 0 Å². The van der Waals surface area contributed by atoms with E-state index in [0.29, 0.717) is 17.0 Å². The van der Waals surface area contributed by atoms with E-state index in [1.165, 1.54) is 12.1 Å². The molecule has 1 atom stereocenters. The number of ether oxygens (including phenoxy) is 1. The van der Waals surface area contributed by atoms with Crippen LogP contribution >= 0.6 is 0 Å². The highest BCUT2D eigenvalue weighted by Gasteiger charge is 2.20. The summed E-state index contributed by atoms with van der Waals surface area (Å²) in [5.41, 5.74) is 1.02. The molecule has 0 aromatic heterocycles. The second-order valence-corrected chi connectivity index (χ2v) is 9.11. The van der Waals surface area contributed by atoms with Crippen LogP contribution in [0.25, 0.3) is 0 Å². The molecule has 0 fully saturated rings. The Hall–Kier alpha value is -2.65. The largest absolute Gasteiger partial charge is 0.491 e. The van der Waals surface area contributed by atoms with Crippen LogP contribution in [0, 0.1) is 5.82 Å². The minimum Gasteiger partial charge on any atom is -0.491 e. The third kappa shape index (κ3) is 7.64. The molecule has 0 spiro atoms. The molecule has 0 radical (unpaired) electrons. The quantitative estimate of drug-likeness (QED) is 0.597. The Balaban J connectivity index is 1.93. The first kappa shape index (κ1) is 23.6. The molecule has 0 aliphatic rings. The number of hydrogen-bond donors (Lipinski definition) is 2. The lowest BCUT2D eigenvalue weighted by molar-refractivity contribution is -0.118. The van der Waals surface area contributed by atoms with Gasteiger partial charge in [-0.1, -0.05) is 12.1 Å². The van der Waals surface area contributed by atoms with Gasteiger partial charge >= 0.3 is 0 Å². The van der Waals surface area contributed by atoms with Gasteiger partial charge in [-0.25, -0.2) is 12.8 Å². The van der Waals surface area contributed by atoms with Crippen molar-refractivity contribution < 1.29 is 22.3 Å². The summed E-state index contributed by atoms with van der Waals surface area (Å²) in [6, 6.07) is 12.2. The summed E-state index contributed by atoms with van der Waals surface area (Å²) in [5, 5.41) is 2.61. The van der Waals surface area contributed by atoms with Gasteiger partial charge in [-0.3, -0.25) is 9.52 Å². The minimum absolute atomic E-state index is 0.00890. The first-order valence-electron chi connectivity index (χ1n) is 9.51. The maximum absolute atomic E-state index is 13.5. The molecule has 0 aliphatic heterocycles. The van der Waals surface area contributed by atoms with Crippen LogP contribution in [0.3, 0.4) is 0 Å². The van der Waals surface area contributed by atoms with Gasteiger partial charge < -0.3 is 15.0 Å². The average Bonchev–Trinajstić information content (AvgIpc) is 2.62. The van der Waals surface area contributed by atoms with E-state index in [0.717, 1.165) is 0 Å². The Morgan fingerprint density at radius 3 is 2.37 bits per heavy atom. The topological polar surface area (TPSA) is 87.7 Å². The highest BCUT2D eigenvalue weighted by molar-refractivity contribution is 7.93. The zero-order valence-electron chi connectivity index (χ0n) is 17.6. The minimum atomic E-state index is -3.89. The van der Waals surface area contributed by atoms with Gasteiger partial charge in [-0.2, -0.15) is 0 Å². The van der Waals surface area contributed by atoms with Gasteiger partial charge in [-0.05, 0) is 69.9 Å². The second kappa shape index (κ2) is 10.4. The van der Waals surface area contributed by atoms with E-state index in [9.17, 15) is 17.6 Å². The highest BCUT2D eigenvalue weighted by Crippen LogP contribution is 2.19. The molecule has 2 N–H and O–H groups in total. The zero-order valence-corrected chi connectivity index (χ0v) is 18.4.